The summed E-state index contributed by atoms with van der Waals surface area (Å²) in [5.74, 6) is -0.0440. The SMILES string of the molecule is O=C1NCN(c2ccccc2)C12CCN(CCCC(=C1C=CC=C1)c1ccc(F)cc1)CC2. The Morgan fingerprint density at radius 2 is 1.67 bits per heavy atom. The molecule has 33 heavy (non-hydrogen) atoms. The number of nitrogens with one attached hydrogen (secondary N) is 1. The molecule has 170 valence electrons. The molecule has 0 aromatic heterocycles. The largest absolute Gasteiger partial charge is 0.339 e. The summed E-state index contributed by atoms with van der Waals surface area (Å²) in [6, 6.07) is 17.1. The minimum atomic E-state index is -0.432. The van der Waals surface area contributed by atoms with Gasteiger partial charge in [0.1, 0.15) is 11.4 Å². The van der Waals surface area contributed by atoms with Gasteiger partial charge in [-0.2, -0.15) is 0 Å². The van der Waals surface area contributed by atoms with Crippen molar-refractivity contribution in [2.24, 2.45) is 0 Å². The molecule has 0 atom stereocenters. The molecule has 1 N–H and O–H groups in total. The molecule has 4 nitrogen and oxygen atoms in total. The fourth-order valence-corrected chi connectivity index (χ4v) is 5.34. The zero-order valence-corrected chi connectivity index (χ0v) is 18.8. The van der Waals surface area contributed by atoms with E-state index in [2.05, 4.69) is 39.4 Å². The third kappa shape index (κ3) is 4.38. The number of piperidine rings is 1. The molecule has 2 aliphatic heterocycles. The van der Waals surface area contributed by atoms with Gasteiger partial charge in [-0.05, 0) is 73.2 Å². The Hall–Kier alpha value is -3.18. The molecule has 0 radical (unpaired) electrons. The van der Waals surface area contributed by atoms with Crippen LogP contribution in [0.15, 0.2) is 84.5 Å². The maximum atomic E-state index is 13.4. The number of amides is 1. The van der Waals surface area contributed by atoms with E-state index in [9.17, 15) is 9.18 Å². The van der Waals surface area contributed by atoms with Crippen molar-refractivity contribution in [2.75, 3.05) is 31.2 Å². The molecule has 2 aromatic carbocycles. The highest BCUT2D eigenvalue weighted by molar-refractivity contribution is 5.93. The van der Waals surface area contributed by atoms with Gasteiger partial charge in [0, 0.05) is 18.8 Å². The Bertz CT molecular complexity index is 1070. The predicted molar refractivity (Wildman–Crippen MR) is 131 cm³/mol. The van der Waals surface area contributed by atoms with E-state index in [4.69, 9.17) is 0 Å². The number of hydrogen-bond donors (Lipinski definition) is 1. The summed E-state index contributed by atoms with van der Waals surface area (Å²) in [5.41, 5.74) is 4.23. The van der Waals surface area contributed by atoms with Gasteiger partial charge < -0.3 is 15.1 Å². The number of nitrogens with zero attached hydrogens (tertiary/aromatic N) is 2. The molecule has 2 fully saturated rings. The number of benzene rings is 2. The van der Waals surface area contributed by atoms with Crippen LogP contribution in [0.5, 0.6) is 0 Å². The molecule has 5 rings (SSSR count). The molecule has 2 aromatic rings. The molecule has 1 amide bonds. The van der Waals surface area contributed by atoms with Crippen molar-refractivity contribution in [3.63, 3.8) is 0 Å². The van der Waals surface area contributed by atoms with Gasteiger partial charge in [0.25, 0.3) is 0 Å². The standard InChI is InChI=1S/C28H30FN3O/c29-24-14-12-23(13-15-24)26(22-7-4-5-8-22)11-6-18-31-19-16-28(17-20-31)27(33)30-21-32(28)25-9-2-1-3-10-25/h1-5,7-10,12-15H,6,11,16-21H2,(H,30,33). The molecular weight excluding hydrogens is 413 g/mol. The van der Waals surface area contributed by atoms with Crippen LogP contribution in [-0.4, -0.2) is 42.6 Å². The number of halogens is 1. The second-order valence-corrected chi connectivity index (χ2v) is 9.06. The maximum Gasteiger partial charge on any atom is 0.247 e. The van der Waals surface area contributed by atoms with Gasteiger partial charge in [-0.3, -0.25) is 4.79 Å². The molecular formula is C28H30FN3O. The van der Waals surface area contributed by atoms with Crippen LogP contribution in [0.2, 0.25) is 0 Å². The molecule has 2 saturated heterocycles. The van der Waals surface area contributed by atoms with Gasteiger partial charge in [-0.1, -0.05) is 54.6 Å². The van der Waals surface area contributed by atoms with Crippen LogP contribution in [0.3, 0.4) is 0 Å². The van der Waals surface area contributed by atoms with Crippen molar-refractivity contribution >= 4 is 17.2 Å². The van der Waals surface area contributed by atoms with E-state index >= 15 is 0 Å². The number of likely N-dealkylation sites (tertiary alicyclic amines) is 1. The summed E-state index contributed by atoms with van der Waals surface area (Å²) in [4.78, 5) is 17.6. The molecule has 1 aliphatic carbocycles. The lowest BCUT2D eigenvalue weighted by atomic mass is 9.85. The van der Waals surface area contributed by atoms with Gasteiger partial charge in [-0.15, -0.1) is 0 Å². The average molecular weight is 444 g/mol. The van der Waals surface area contributed by atoms with Crippen molar-refractivity contribution < 1.29 is 9.18 Å². The monoisotopic (exact) mass is 443 g/mol. The second kappa shape index (κ2) is 9.36. The number of hydrogen-bond acceptors (Lipinski definition) is 3. The first kappa shape index (κ1) is 21.7. The molecule has 3 aliphatic rings. The van der Waals surface area contributed by atoms with Crippen LogP contribution in [0, 0.1) is 5.82 Å². The maximum absolute atomic E-state index is 13.4. The van der Waals surface area contributed by atoms with Crippen LogP contribution in [0.4, 0.5) is 10.1 Å². The summed E-state index contributed by atoms with van der Waals surface area (Å²) in [6.07, 6.45) is 12.0. The van der Waals surface area contributed by atoms with E-state index in [-0.39, 0.29) is 11.7 Å². The molecule has 0 unspecified atom stereocenters. The lowest BCUT2D eigenvalue weighted by molar-refractivity contribution is -0.125. The van der Waals surface area contributed by atoms with Gasteiger partial charge in [0.2, 0.25) is 5.91 Å². The smallest absolute Gasteiger partial charge is 0.247 e. The van der Waals surface area contributed by atoms with Gasteiger partial charge in [-0.25, -0.2) is 4.39 Å². The Morgan fingerprint density at radius 1 is 0.970 bits per heavy atom. The number of carbonyl (C=O) groups excluding carboxylic acids is 1. The van der Waals surface area contributed by atoms with Crippen LogP contribution in [-0.2, 0) is 4.79 Å². The third-order valence-electron chi connectivity index (χ3n) is 7.19. The van der Waals surface area contributed by atoms with E-state index < -0.39 is 5.54 Å². The minimum Gasteiger partial charge on any atom is -0.339 e. The normalized spacial score (nSPS) is 19.5. The van der Waals surface area contributed by atoms with E-state index in [0.717, 1.165) is 56.6 Å². The topological polar surface area (TPSA) is 35.6 Å². The molecule has 1 spiro atoms. The van der Waals surface area contributed by atoms with Crippen molar-refractivity contribution in [3.05, 3.63) is 95.9 Å². The summed E-state index contributed by atoms with van der Waals surface area (Å²) in [6.45, 7) is 3.41. The van der Waals surface area contributed by atoms with Crippen molar-refractivity contribution in [3.8, 4) is 0 Å². The van der Waals surface area contributed by atoms with E-state index in [1.165, 1.54) is 23.3 Å². The highest BCUT2D eigenvalue weighted by atomic mass is 19.1. The Kier molecular flexibility index (Phi) is 6.14. The van der Waals surface area contributed by atoms with Crippen LogP contribution >= 0.6 is 0 Å². The number of para-hydroxylation sites is 1. The molecule has 0 bridgehead atoms. The van der Waals surface area contributed by atoms with Gasteiger partial charge in [0.05, 0.1) is 6.67 Å². The summed E-state index contributed by atoms with van der Waals surface area (Å²) in [5, 5.41) is 3.08. The average Bonchev–Trinajstić information content (AvgIpc) is 3.49. The van der Waals surface area contributed by atoms with Crippen molar-refractivity contribution in [2.45, 2.75) is 31.2 Å². The molecule has 0 saturated carbocycles. The number of allylic oxidation sites excluding steroid dienone is 6. The lowest BCUT2D eigenvalue weighted by Crippen LogP contribution is -2.56. The number of anilines is 1. The summed E-state index contributed by atoms with van der Waals surface area (Å²) >= 11 is 0. The predicted octanol–water partition coefficient (Wildman–Crippen LogP) is 4.91. The highest BCUT2D eigenvalue weighted by Gasteiger charge is 2.50. The number of rotatable bonds is 6. The highest BCUT2D eigenvalue weighted by Crippen LogP contribution is 2.36. The first-order valence-electron chi connectivity index (χ1n) is 11.8. The fraction of sp³-hybridized carbons (Fsp3) is 0.321. The minimum absolute atomic E-state index is 0.161. The second-order valence-electron chi connectivity index (χ2n) is 9.06. The first-order chi connectivity index (χ1) is 16.2. The van der Waals surface area contributed by atoms with E-state index in [1.807, 2.05) is 42.5 Å². The molecule has 2 heterocycles. The molecule has 5 heteroatoms. The zero-order chi connectivity index (χ0) is 22.7. The summed E-state index contributed by atoms with van der Waals surface area (Å²) in [7, 11) is 0. The van der Waals surface area contributed by atoms with Gasteiger partial charge in [0.15, 0.2) is 0 Å². The Morgan fingerprint density at radius 3 is 2.36 bits per heavy atom. The van der Waals surface area contributed by atoms with E-state index in [0.29, 0.717) is 6.67 Å². The van der Waals surface area contributed by atoms with Crippen LogP contribution in [0.1, 0.15) is 31.2 Å². The first-order valence-corrected chi connectivity index (χ1v) is 11.8. The fourth-order valence-electron chi connectivity index (χ4n) is 5.34. The van der Waals surface area contributed by atoms with Crippen LogP contribution in [0.25, 0.3) is 5.57 Å². The zero-order valence-electron chi connectivity index (χ0n) is 18.8. The van der Waals surface area contributed by atoms with Crippen molar-refractivity contribution in [1.29, 1.82) is 0 Å². The third-order valence-corrected chi connectivity index (χ3v) is 7.19. The van der Waals surface area contributed by atoms with Crippen molar-refractivity contribution in [1.82, 2.24) is 10.2 Å². The quantitative estimate of drug-likeness (QED) is 0.689. The van der Waals surface area contributed by atoms with Gasteiger partial charge >= 0.3 is 0 Å². The summed E-state index contributed by atoms with van der Waals surface area (Å²) < 4.78 is 13.4. The Labute approximate surface area is 195 Å². The van der Waals surface area contributed by atoms with Crippen LogP contribution < -0.4 is 10.2 Å². The van der Waals surface area contributed by atoms with E-state index in [1.54, 1.807) is 0 Å². The Balaban J connectivity index is 1.21. The number of carbonyl (C=O) groups is 1. The lowest BCUT2D eigenvalue weighted by Gasteiger charge is -2.43.